The SMILES string of the molecule is C=C(O)[C@@H](C)CN1C(=C)C=C(Nc2ccc(O/C=C/N=C\C)cc2)NC1=O. The van der Waals surface area contributed by atoms with Crippen LogP contribution in [-0.2, 0) is 0 Å². The van der Waals surface area contributed by atoms with Crippen LogP contribution in [0, 0.1) is 5.92 Å². The second-order valence-corrected chi connectivity index (χ2v) is 5.94. The molecule has 0 aliphatic carbocycles. The summed E-state index contributed by atoms with van der Waals surface area (Å²) in [6, 6.07) is 6.92. The number of nitrogens with zero attached hydrogens (tertiary/aromatic N) is 2. The molecule has 0 spiro atoms. The highest BCUT2D eigenvalue weighted by molar-refractivity contribution is 5.81. The van der Waals surface area contributed by atoms with Crippen LogP contribution in [0.25, 0.3) is 0 Å². The molecule has 1 aromatic carbocycles. The van der Waals surface area contributed by atoms with Crippen molar-refractivity contribution < 1.29 is 14.6 Å². The molecular weight excluding hydrogens is 344 g/mol. The summed E-state index contributed by atoms with van der Waals surface area (Å²) in [4.78, 5) is 17.7. The molecule has 2 rings (SSSR count). The Morgan fingerprint density at radius 1 is 1.44 bits per heavy atom. The molecule has 0 saturated carbocycles. The molecule has 7 heteroatoms. The Kier molecular flexibility index (Phi) is 6.82. The number of hydrogen-bond donors (Lipinski definition) is 3. The number of carbonyl (C=O) groups is 1. The third kappa shape index (κ3) is 5.78. The van der Waals surface area contributed by atoms with Crippen LogP contribution in [0.4, 0.5) is 10.5 Å². The molecule has 7 nitrogen and oxygen atoms in total. The van der Waals surface area contributed by atoms with E-state index >= 15 is 0 Å². The van der Waals surface area contributed by atoms with Crippen LogP contribution >= 0.6 is 0 Å². The zero-order chi connectivity index (χ0) is 19.8. The molecule has 0 fully saturated rings. The zero-order valence-electron chi connectivity index (χ0n) is 15.5. The van der Waals surface area contributed by atoms with Crippen molar-refractivity contribution in [3.8, 4) is 5.75 Å². The number of aliphatic hydroxyl groups is 1. The second-order valence-electron chi connectivity index (χ2n) is 5.94. The fraction of sp³-hybridized carbons (Fsp3) is 0.200. The molecule has 1 aliphatic rings. The Labute approximate surface area is 159 Å². The number of allylic oxidation sites excluding steroid dienone is 1. The zero-order valence-corrected chi connectivity index (χ0v) is 15.5. The second kappa shape index (κ2) is 9.28. The van der Waals surface area contributed by atoms with Gasteiger partial charge in [-0.3, -0.25) is 15.2 Å². The lowest BCUT2D eigenvalue weighted by Crippen LogP contribution is -2.45. The molecule has 142 valence electrons. The maximum atomic E-state index is 12.3. The van der Waals surface area contributed by atoms with Crippen molar-refractivity contribution in [1.82, 2.24) is 10.2 Å². The Morgan fingerprint density at radius 2 is 2.15 bits per heavy atom. The Bertz CT molecular complexity index is 794. The first-order valence-electron chi connectivity index (χ1n) is 8.44. The summed E-state index contributed by atoms with van der Waals surface area (Å²) in [6.07, 6.45) is 6.44. The summed E-state index contributed by atoms with van der Waals surface area (Å²) in [5, 5.41) is 15.3. The number of ether oxygens (including phenoxy) is 1. The summed E-state index contributed by atoms with van der Waals surface area (Å²) >= 11 is 0. The third-order valence-electron chi connectivity index (χ3n) is 3.80. The number of aliphatic imine (C=N–C) groups is 1. The highest BCUT2D eigenvalue weighted by Crippen LogP contribution is 2.21. The van der Waals surface area contributed by atoms with Gasteiger partial charge in [-0.15, -0.1) is 0 Å². The van der Waals surface area contributed by atoms with E-state index in [2.05, 4.69) is 28.8 Å². The minimum absolute atomic E-state index is 0.0298. The van der Waals surface area contributed by atoms with Gasteiger partial charge in [0.25, 0.3) is 0 Å². The minimum atomic E-state index is -0.320. The van der Waals surface area contributed by atoms with E-state index in [9.17, 15) is 9.90 Å². The number of urea groups is 1. The van der Waals surface area contributed by atoms with E-state index in [0.717, 1.165) is 5.69 Å². The topological polar surface area (TPSA) is 86.2 Å². The van der Waals surface area contributed by atoms with E-state index in [4.69, 9.17) is 4.74 Å². The number of hydrogen-bond acceptors (Lipinski definition) is 5. The van der Waals surface area contributed by atoms with Gasteiger partial charge < -0.3 is 15.2 Å². The molecule has 1 heterocycles. The standard InChI is InChI=1S/C20H24N4O3/c1-5-21-10-11-27-18-8-6-17(7-9-18)22-19-12-15(3)24(20(26)23-19)13-14(2)16(4)25/h5-12,14,22,25H,3-4,13H2,1-2H3,(H,23,26)/b11-10+,21-5-/t14-/m0/s1. The van der Waals surface area contributed by atoms with Crippen LogP contribution < -0.4 is 15.4 Å². The highest BCUT2D eigenvalue weighted by Gasteiger charge is 2.24. The number of aliphatic hydroxyl groups excluding tert-OH is 1. The molecule has 1 aromatic rings. The molecule has 0 aromatic heterocycles. The lowest BCUT2D eigenvalue weighted by atomic mass is 10.1. The number of nitrogens with one attached hydrogen (secondary N) is 2. The first-order chi connectivity index (χ1) is 12.9. The molecular formula is C20H24N4O3. The first-order valence-corrected chi connectivity index (χ1v) is 8.44. The predicted octanol–water partition coefficient (Wildman–Crippen LogP) is 4.13. The van der Waals surface area contributed by atoms with Crippen molar-refractivity contribution in [1.29, 1.82) is 0 Å². The molecule has 0 unspecified atom stereocenters. The number of anilines is 1. The monoisotopic (exact) mass is 368 g/mol. The maximum absolute atomic E-state index is 12.3. The lowest BCUT2D eigenvalue weighted by molar-refractivity contribution is 0.203. The summed E-state index contributed by atoms with van der Waals surface area (Å²) in [7, 11) is 0. The summed E-state index contributed by atoms with van der Waals surface area (Å²) in [5.41, 5.74) is 1.30. The van der Waals surface area contributed by atoms with Crippen LogP contribution in [-0.4, -0.2) is 28.8 Å². The van der Waals surface area contributed by atoms with E-state index in [0.29, 0.717) is 23.8 Å². The van der Waals surface area contributed by atoms with E-state index in [1.54, 1.807) is 37.5 Å². The average Bonchev–Trinajstić information content (AvgIpc) is 2.63. The van der Waals surface area contributed by atoms with E-state index in [-0.39, 0.29) is 17.7 Å². The Hall–Kier alpha value is -3.48. The number of amides is 2. The fourth-order valence-electron chi connectivity index (χ4n) is 2.24. The molecule has 1 aliphatic heterocycles. The molecule has 0 saturated heterocycles. The predicted molar refractivity (Wildman–Crippen MR) is 107 cm³/mol. The quantitative estimate of drug-likeness (QED) is 0.476. The van der Waals surface area contributed by atoms with Crippen molar-refractivity contribution in [3.63, 3.8) is 0 Å². The van der Waals surface area contributed by atoms with Crippen LogP contribution in [0.1, 0.15) is 13.8 Å². The smallest absolute Gasteiger partial charge is 0.327 e. The number of rotatable bonds is 8. The van der Waals surface area contributed by atoms with Gasteiger partial charge >= 0.3 is 6.03 Å². The van der Waals surface area contributed by atoms with Crippen LogP contribution in [0.15, 0.2) is 78.2 Å². The van der Waals surface area contributed by atoms with E-state index in [1.807, 2.05) is 19.1 Å². The summed E-state index contributed by atoms with van der Waals surface area (Å²) < 4.78 is 5.40. The summed E-state index contributed by atoms with van der Waals surface area (Å²) in [5.74, 6) is 0.961. The van der Waals surface area contributed by atoms with Gasteiger partial charge in [0.15, 0.2) is 0 Å². The third-order valence-corrected chi connectivity index (χ3v) is 3.80. The van der Waals surface area contributed by atoms with Gasteiger partial charge in [-0.05, 0) is 31.2 Å². The molecule has 2 amide bonds. The van der Waals surface area contributed by atoms with Gasteiger partial charge in [0, 0.05) is 36.1 Å². The highest BCUT2D eigenvalue weighted by atomic mass is 16.5. The van der Waals surface area contributed by atoms with Crippen LogP contribution in [0.2, 0.25) is 0 Å². The molecule has 3 N–H and O–H groups in total. The van der Waals surface area contributed by atoms with Crippen LogP contribution in [0.3, 0.4) is 0 Å². The fourth-order valence-corrected chi connectivity index (χ4v) is 2.24. The van der Waals surface area contributed by atoms with Gasteiger partial charge in [0.2, 0.25) is 0 Å². The number of benzene rings is 1. The van der Waals surface area contributed by atoms with Crippen LogP contribution in [0.5, 0.6) is 5.75 Å². The molecule has 27 heavy (non-hydrogen) atoms. The molecule has 0 radical (unpaired) electrons. The van der Waals surface area contributed by atoms with Gasteiger partial charge in [-0.1, -0.05) is 20.1 Å². The minimum Gasteiger partial charge on any atom is -0.513 e. The van der Waals surface area contributed by atoms with E-state index < -0.39 is 0 Å². The van der Waals surface area contributed by atoms with Gasteiger partial charge in [0.05, 0.1) is 12.0 Å². The number of carbonyl (C=O) groups excluding carboxylic acids is 1. The molecule has 1 atom stereocenters. The van der Waals surface area contributed by atoms with Crippen molar-refractivity contribution in [2.45, 2.75) is 13.8 Å². The van der Waals surface area contributed by atoms with Crippen molar-refractivity contribution in [2.75, 3.05) is 11.9 Å². The van der Waals surface area contributed by atoms with Crippen molar-refractivity contribution >= 4 is 17.9 Å². The normalized spacial score (nSPS) is 15.6. The van der Waals surface area contributed by atoms with Crippen molar-refractivity contribution in [3.05, 3.63) is 73.2 Å². The van der Waals surface area contributed by atoms with Gasteiger partial charge in [0.1, 0.15) is 17.8 Å². The molecule has 0 bridgehead atoms. The Morgan fingerprint density at radius 3 is 2.74 bits per heavy atom. The Balaban J connectivity index is 1.98. The summed E-state index contributed by atoms with van der Waals surface area (Å²) in [6.45, 7) is 11.3. The average molecular weight is 368 g/mol. The maximum Gasteiger partial charge on any atom is 0.327 e. The lowest BCUT2D eigenvalue weighted by Gasteiger charge is -2.31. The largest absolute Gasteiger partial charge is 0.513 e. The van der Waals surface area contributed by atoms with Gasteiger partial charge in [-0.25, -0.2) is 4.79 Å². The van der Waals surface area contributed by atoms with Gasteiger partial charge in [-0.2, -0.15) is 0 Å². The first kappa shape index (κ1) is 19.8. The van der Waals surface area contributed by atoms with Crippen molar-refractivity contribution in [2.24, 2.45) is 10.9 Å². The van der Waals surface area contributed by atoms with E-state index in [1.165, 1.54) is 11.2 Å².